The van der Waals surface area contributed by atoms with Gasteiger partial charge in [-0.05, 0) is 62.2 Å². The number of nitrogens with zero attached hydrogens (tertiary/aromatic N) is 1. The highest BCUT2D eigenvalue weighted by Crippen LogP contribution is 2.34. The Morgan fingerprint density at radius 2 is 1.80 bits per heavy atom. The van der Waals surface area contributed by atoms with Gasteiger partial charge in [0.2, 0.25) is 0 Å². The molecule has 0 amide bonds. The molecule has 3 rings (SSSR count). The Hall–Kier alpha value is -1.17. The van der Waals surface area contributed by atoms with Gasteiger partial charge in [0.1, 0.15) is 6.61 Å². The van der Waals surface area contributed by atoms with E-state index in [9.17, 15) is 0 Å². The molecule has 0 radical (unpaired) electrons. The van der Waals surface area contributed by atoms with E-state index in [1.807, 2.05) is 25.1 Å². The van der Waals surface area contributed by atoms with E-state index in [1.54, 1.807) is 12.1 Å². The van der Waals surface area contributed by atoms with Crippen molar-refractivity contribution in [2.75, 3.05) is 26.2 Å². The topological polar surface area (TPSA) is 33.7 Å². The number of halogens is 3. The summed E-state index contributed by atoms with van der Waals surface area (Å²) in [4.78, 5) is 2.53. The summed E-state index contributed by atoms with van der Waals surface area (Å²) in [7, 11) is 0. The van der Waals surface area contributed by atoms with Gasteiger partial charge in [0.05, 0.1) is 16.7 Å². The fraction of sp³-hybridized carbons (Fsp3) is 0.478. The van der Waals surface area contributed by atoms with E-state index in [2.05, 4.69) is 17.1 Å². The van der Waals surface area contributed by atoms with Crippen LogP contribution in [0.25, 0.3) is 0 Å². The first-order chi connectivity index (χ1) is 14.5. The molecule has 0 aliphatic carbocycles. The average molecular weight is 472 g/mol. The van der Waals surface area contributed by atoms with Crippen molar-refractivity contribution < 1.29 is 9.47 Å². The molecule has 1 N–H and O–H groups in total. The number of likely N-dealkylation sites (N-methyl/N-ethyl adjacent to an activating group) is 1. The maximum atomic E-state index is 6.56. The maximum Gasteiger partial charge on any atom is 0.163 e. The summed E-state index contributed by atoms with van der Waals surface area (Å²) < 4.78 is 11.8. The zero-order chi connectivity index (χ0) is 21.5. The van der Waals surface area contributed by atoms with Crippen LogP contribution in [-0.2, 0) is 13.2 Å². The summed E-state index contributed by atoms with van der Waals surface area (Å²) in [6.07, 6.45) is 2.53. The molecule has 2 aromatic carbocycles. The van der Waals surface area contributed by atoms with E-state index < -0.39 is 0 Å². The van der Waals surface area contributed by atoms with Crippen molar-refractivity contribution in [3.8, 4) is 11.5 Å². The number of benzene rings is 2. The largest absolute Gasteiger partial charge is 0.490 e. The van der Waals surface area contributed by atoms with Crippen LogP contribution >= 0.6 is 34.8 Å². The van der Waals surface area contributed by atoms with Crippen LogP contribution in [0.1, 0.15) is 37.8 Å². The lowest BCUT2D eigenvalue weighted by Gasteiger charge is -2.23. The number of ether oxygens (including phenoxy) is 2. The smallest absolute Gasteiger partial charge is 0.163 e. The molecule has 1 aliphatic rings. The first-order valence-corrected chi connectivity index (χ1v) is 11.6. The first kappa shape index (κ1) is 23.5. The molecule has 0 saturated carbocycles. The molecular formula is C23H29Cl3N2O2. The SMILES string of the molecule is CCOc1cc(CNCC2CCCN2CC)c(Cl)cc1OCc1ccc(Cl)c(Cl)c1. The second kappa shape index (κ2) is 11.4. The van der Waals surface area contributed by atoms with Crippen LogP contribution in [0, 0.1) is 0 Å². The molecule has 0 aromatic heterocycles. The highest BCUT2D eigenvalue weighted by molar-refractivity contribution is 6.42. The number of hydrogen-bond donors (Lipinski definition) is 1. The molecule has 1 unspecified atom stereocenters. The molecule has 0 spiro atoms. The standard InChI is InChI=1S/C23H29Cl3N2O2/c1-3-28-9-5-6-18(28)14-27-13-17-11-22(29-4-2)23(12-20(17)25)30-15-16-7-8-19(24)21(26)10-16/h7-8,10-12,18,27H,3-6,9,13-15H2,1-2H3. The number of likely N-dealkylation sites (tertiary alicyclic amines) is 1. The minimum Gasteiger partial charge on any atom is -0.490 e. The lowest BCUT2D eigenvalue weighted by molar-refractivity contribution is 0.259. The van der Waals surface area contributed by atoms with Gasteiger partial charge in [-0.1, -0.05) is 47.8 Å². The molecule has 1 saturated heterocycles. The van der Waals surface area contributed by atoms with Gasteiger partial charge in [0.25, 0.3) is 0 Å². The quantitative estimate of drug-likeness (QED) is 0.447. The van der Waals surface area contributed by atoms with Crippen molar-refractivity contribution in [2.45, 2.75) is 45.9 Å². The zero-order valence-electron chi connectivity index (χ0n) is 17.5. The van der Waals surface area contributed by atoms with Crippen LogP contribution in [-0.4, -0.2) is 37.2 Å². The molecule has 1 atom stereocenters. The van der Waals surface area contributed by atoms with Crippen LogP contribution in [0.4, 0.5) is 0 Å². The van der Waals surface area contributed by atoms with E-state index in [0.29, 0.717) is 52.4 Å². The van der Waals surface area contributed by atoms with Crippen LogP contribution in [0.15, 0.2) is 30.3 Å². The van der Waals surface area contributed by atoms with Crippen molar-refractivity contribution >= 4 is 34.8 Å². The van der Waals surface area contributed by atoms with Crippen LogP contribution in [0.3, 0.4) is 0 Å². The van der Waals surface area contributed by atoms with Crippen molar-refractivity contribution in [3.05, 3.63) is 56.5 Å². The van der Waals surface area contributed by atoms with Crippen LogP contribution in [0.5, 0.6) is 11.5 Å². The summed E-state index contributed by atoms with van der Waals surface area (Å²) in [6, 6.07) is 9.85. The summed E-state index contributed by atoms with van der Waals surface area (Å²) in [5.74, 6) is 1.31. The Morgan fingerprint density at radius 1 is 1.00 bits per heavy atom. The predicted molar refractivity (Wildman–Crippen MR) is 125 cm³/mol. The van der Waals surface area contributed by atoms with Gasteiger partial charge in [-0.2, -0.15) is 0 Å². The molecule has 1 heterocycles. The minimum absolute atomic E-state index is 0.347. The van der Waals surface area contributed by atoms with E-state index in [1.165, 1.54) is 19.4 Å². The number of hydrogen-bond acceptors (Lipinski definition) is 4. The summed E-state index contributed by atoms with van der Waals surface area (Å²) >= 11 is 18.6. The van der Waals surface area contributed by atoms with Gasteiger partial charge in [-0.3, -0.25) is 4.90 Å². The van der Waals surface area contributed by atoms with Crippen molar-refractivity contribution in [1.29, 1.82) is 0 Å². The van der Waals surface area contributed by atoms with Crippen LogP contribution in [0.2, 0.25) is 15.1 Å². The molecule has 4 nitrogen and oxygen atoms in total. The third-order valence-electron chi connectivity index (χ3n) is 5.39. The van der Waals surface area contributed by atoms with Gasteiger partial charge in [-0.25, -0.2) is 0 Å². The predicted octanol–water partition coefficient (Wildman–Crippen LogP) is 6.20. The van der Waals surface area contributed by atoms with Crippen molar-refractivity contribution in [1.82, 2.24) is 10.2 Å². The minimum atomic E-state index is 0.347. The normalized spacial score (nSPS) is 16.8. The molecule has 1 fully saturated rings. The molecule has 0 bridgehead atoms. The van der Waals surface area contributed by atoms with Gasteiger partial charge >= 0.3 is 0 Å². The highest BCUT2D eigenvalue weighted by atomic mass is 35.5. The molecular weight excluding hydrogens is 443 g/mol. The summed E-state index contributed by atoms with van der Waals surface area (Å²) in [5.41, 5.74) is 1.92. The second-order valence-electron chi connectivity index (χ2n) is 7.42. The lowest BCUT2D eigenvalue weighted by atomic mass is 10.1. The monoisotopic (exact) mass is 470 g/mol. The fourth-order valence-corrected chi connectivity index (χ4v) is 4.34. The van der Waals surface area contributed by atoms with Crippen molar-refractivity contribution in [3.63, 3.8) is 0 Å². The average Bonchev–Trinajstić information content (AvgIpc) is 3.19. The molecule has 7 heteroatoms. The molecule has 1 aliphatic heterocycles. The number of rotatable bonds is 10. The Balaban J connectivity index is 1.64. The van der Waals surface area contributed by atoms with E-state index >= 15 is 0 Å². The Bertz CT molecular complexity index is 847. The van der Waals surface area contributed by atoms with Gasteiger partial charge in [0.15, 0.2) is 11.5 Å². The summed E-state index contributed by atoms with van der Waals surface area (Å²) in [5, 5.41) is 5.25. The fourth-order valence-electron chi connectivity index (χ4n) is 3.80. The Labute approximate surface area is 194 Å². The molecule has 164 valence electrons. The highest BCUT2D eigenvalue weighted by Gasteiger charge is 2.22. The Kier molecular flexibility index (Phi) is 8.97. The third-order valence-corrected chi connectivity index (χ3v) is 6.48. The summed E-state index contributed by atoms with van der Waals surface area (Å²) in [6.45, 7) is 9.03. The first-order valence-electron chi connectivity index (χ1n) is 10.5. The zero-order valence-corrected chi connectivity index (χ0v) is 19.8. The van der Waals surface area contributed by atoms with Gasteiger partial charge < -0.3 is 14.8 Å². The number of nitrogens with one attached hydrogen (secondary N) is 1. The van der Waals surface area contributed by atoms with E-state index in [-0.39, 0.29) is 0 Å². The van der Waals surface area contributed by atoms with Gasteiger partial charge in [-0.15, -0.1) is 0 Å². The Morgan fingerprint density at radius 3 is 2.53 bits per heavy atom. The lowest BCUT2D eigenvalue weighted by Crippen LogP contribution is -2.37. The van der Waals surface area contributed by atoms with Crippen molar-refractivity contribution in [2.24, 2.45) is 0 Å². The molecule has 30 heavy (non-hydrogen) atoms. The third kappa shape index (κ3) is 6.18. The van der Waals surface area contributed by atoms with Gasteiger partial charge in [0, 0.05) is 30.2 Å². The van der Waals surface area contributed by atoms with E-state index in [4.69, 9.17) is 44.3 Å². The second-order valence-corrected chi connectivity index (χ2v) is 8.64. The van der Waals surface area contributed by atoms with E-state index in [0.717, 1.165) is 24.2 Å². The van der Waals surface area contributed by atoms with Crippen LogP contribution < -0.4 is 14.8 Å². The molecule has 2 aromatic rings. The maximum absolute atomic E-state index is 6.56.